The number of hydrogen-bond acceptors (Lipinski definition) is 6. The zero-order valence-electron chi connectivity index (χ0n) is 16.6. The third-order valence-electron chi connectivity index (χ3n) is 4.14. The van der Waals surface area contributed by atoms with E-state index in [1.807, 2.05) is 30.3 Å². The van der Waals surface area contributed by atoms with E-state index in [9.17, 15) is 4.79 Å². The van der Waals surface area contributed by atoms with E-state index in [0.29, 0.717) is 33.9 Å². The number of nitrogens with one attached hydrogen (secondary N) is 1. The summed E-state index contributed by atoms with van der Waals surface area (Å²) < 4.78 is 17.6. The lowest BCUT2D eigenvalue weighted by molar-refractivity contribution is -0.115. The quantitative estimate of drug-likeness (QED) is 0.375. The van der Waals surface area contributed by atoms with Crippen LogP contribution in [0.5, 0.6) is 17.2 Å². The van der Waals surface area contributed by atoms with Gasteiger partial charge in [-0.3, -0.25) is 4.79 Å². The molecule has 2 aromatic rings. The van der Waals surface area contributed by atoms with Crippen LogP contribution in [0.2, 0.25) is 0 Å². The molecule has 0 aromatic heterocycles. The first-order valence-electron chi connectivity index (χ1n) is 9.21. The predicted molar refractivity (Wildman–Crippen MR) is 121 cm³/mol. The van der Waals surface area contributed by atoms with Gasteiger partial charge in [0.05, 0.1) is 25.2 Å². The van der Waals surface area contributed by atoms with Crippen LogP contribution in [0.15, 0.2) is 41.3 Å². The fourth-order valence-corrected chi connectivity index (χ4v) is 3.96. The number of methoxy groups -OCH3 is 1. The molecule has 0 atom stereocenters. The number of thiocarbonyl (C=S) groups is 1. The van der Waals surface area contributed by atoms with E-state index in [-0.39, 0.29) is 5.91 Å². The van der Waals surface area contributed by atoms with Crippen LogP contribution < -0.4 is 19.5 Å². The van der Waals surface area contributed by atoms with Crippen LogP contribution in [0.3, 0.4) is 0 Å². The first-order valence-corrected chi connectivity index (χ1v) is 10.4. The summed E-state index contributed by atoms with van der Waals surface area (Å²) >= 11 is 6.26. The fourth-order valence-electron chi connectivity index (χ4n) is 2.91. The predicted octanol–water partition coefficient (Wildman–Crippen LogP) is 4.65. The topological polar surface area (TPSA) is 56.8 Å². The Morgan fingerprint density at radius 1 is 1.03 bits per heavy atom. The third kappa shape index (κ3) is 5.98. The molecule has 5 nitrogen and oxygen atoms in total. The van der Waals surface area contributed by atoms with Crippen LogP contribution in [-0.4, -0.2) is 30.6 Å². The minimum atomic E-state index is -0.178. The second-order valence-corrected chi connectivity index (χ2v) is 8.36. The Bertz CT molecular complexity index is 936. The molecule has 1 aliphatic heterocycles. The van der Waals surface area contributed by atoms with Crippen molar-refractivity contribution in [3.8, 4) is 17.2 Å². The number of benzene rings is 2. The van der Waals surface area contributed by atoms with E-state index in [1.165, 1.54) is 22.9 Å². The Labute approximate surface area is 180 Å². The largest absolute Gasteiger partial charge is 0.493 e. The van der Waals surface area contributed by atoms with Gasteiger partial charge in [-0.25, -0.2) is 0 Å². The fraction of sp³-hybridized carbons (Fsp3) is 0.273. The van der Waals surface area contributed by atoms with Crippen LogP contribution in [0, 0.1) is 13.8 Å². The zero-order valence-corrected chi connectivity index (χ0v) is 18.2. The van der Waals surface area contributed by atoms with Crippen LogP contribution in [-0.2, 0) is 4.79 Å². The lowest BCUT2D eigenvalue weighted by Gasteiger charge is -2.12. The van der Waals surface area contributed by atoms with Crippen LogP contribution in [0.1, 0.15) is 23.1 Å². The molecule has 0 spiro atoms. The Hall–Kier alpha value is -2.51. The molecule has 0 radical (unpaired) electrons. The molecule has 1 N–H and O–H groups in total. The Morgan fingerprint density at radius 2 is 1.76 bits per heavy atom. The average Bonchev–Trinajstić information content (AvgIpc) is 2.98. The van der Waals surface area contributed by atoms with Gasteiger partial charge < -0.3 is 19.5 Å². The Kier molecular flexibility index (Phi) is 7.17. The van der Waals surface area contributed by atoms with E-state index < -0.39 is 0 Å². The summed E-state index contributed by atoms with van der Waals surface area (Å²) in [4.78, 5) is 12.4. The molecule has 1 aliphatic rings. The van der Waals surface area contributed by atoms with Crippen molar-refractivity contribution in [2.75, 3.05) is 20.3 Å². The lowest BCUT2D eigenvalue weighted by atomic mass is 10.1. The Balaban J connectivity index is 1.53. The number of aryl methyl sites for hydroxylation is 2. The number of carbonyl (C=O) groups is 1. The van der Waals surface area contributed by atoms with Crippen molar-refractivity contribution in [2.24, 2.45) is 0 Å². The molecular formula is C22H23NO4S2. The summed E-state index contributed by atoms with van der Waals surface area (Å²) in [7, 11) is 1.59. The van der Waals surface area contributed by atoms with Crippen molar-refractivity contribution in [3.63, 3.8) is 0 Å². The van der Waals surface area contributed by atoms with Gasteiger partial charge in [-0.05, 0) is 60.9 Å². The van der Waals surface area contributed by atoms with Gasteiger partial charge in [-0.15, -0.1) is 0 Å². The number of ether oxygens (including phenoxy) is 3. The highest BCUT2D eigenvalue weighted by atomic mass is 32.2. The molecule has 1 saturated heterocycles. The van der Waals surface area contributed by atoms with Crippen LogP contribution in [0.4, 0.5) is 0 Å². The highest BCUT2D eigenvalue weighted by Crippen LogP contribution is 2.31. The lowest BCUT2D eigenvalue weighted by Crippen LogP contribution is -2.17. The van der Waals surface area contributed by atoms with Gasteiger partial charge in [-0.1, -0.05) is 36.1 Å². The third-order valence-corrected chi connectivity index (χ3v) is 5.30. The smallest absolute Gasteiger partial charge is 0.263 e. The second kappa shape index (κ2) is 9.80. The standard InChI is InChI=1S/C22H23NO4S2/c1-14-9-15(2)11-17(10-14)26-7-4-8-27-18-6-5-16(12-19(18)25-3)13-20-21(24)23-22(28)29-20/h5-6,9-13H,4,7-8H2,1-3H3,(H,23,24,28)/b20-13-. The number of carbonyl (C=O) groups excluding carboxylic acids is 1. The molecule has 1 fully saturated rings. The number of amides is 1. The van der Waals surface area contributed by atoms with Crippen LogP contribution >= 0.6 is 24.0 Å². The molecule has 0 unspecified atom stereocenters. The summed E-state index contributed by atoms with van der Waals surface area (Å²) in [5.74, 6) is 1.97. The van der Waals surface area contributed by atoms with Crippen LogP contribution in [0.25, 0.3) is 6.08 Å². The van der Waals surface area contributed by atoms with Gasteiger partial charge in [-0.2, -0.15) is 0 Å². The molecule has 0 saturated carbocycles. The monoisotopic (exact) mass is 429 g/mol. The van der Waals surface area contributed by atoms with Crippen molar-refractivity contribution in [1.82, 2.24) is 5.32 Å². The molecule has 152 valence electrons. The number of hydrogen-bond donors (Lipinski definition) is 1. The van der Waals surface area contributed by atoms with Gasteiger partial charge in [0.1, 0.15) is 10.1 Å². The SMILES string of the molecule is COc1cc(/C=C2\SC(=S)NC2=O)ccc1OCCCOc1cc(C)cc(C)c1. The van der Waals surface area contributed by atoms with Gasteiger partial charge in [0.2, 0.25) is 0 Å². The van der Waals surface area contributed by atoms with E-state index in [1.54, 1.807) is 13.2 Å². The summed E-state index contributed by atoms with van der Waals surface area (Å²) in [5, 5.41) is 2.60. The maximum absolute atomic E-state index is 11.8. The van der Waals surface area contributed by atoms with Crippen molar-refractivity contribution in [2.45, 2.75) is 20.3 Å². The number of thioether (sulfide) groups is 1. The molecule has 7 heteroatoms. The highest BCUT2D eigenvalue weighted by Gasteiger charge is 2.22. The maximum Gasteiger partial charge on any atom is 0.263 e. The molecule has 1 amide bonds. The van der Waals surface area contributed by atoms with Crippen molar-refractivity contribution >= 4 is 40.3 Å². The molecule has 2 aromatic carbocycles. The van der Waals surface area contributed by atoms with Crippen molar-refractivity contribution in [1.29, 1.82) is 0 Å². The molecule has 0 bridgehead atoms. The molecule has 0 aliphatic carbocycles. The molecular weight excluding hydrogens is 406 g/mol. The van der Waals surface area contributed by atoms with E-state index in [4.69, 9.17) is 26.4 Å². The summed E-state index contributed by atoms with van der Waals surface area (Å²) in [6, 6.07) is 11.7. The molecule has 29 heavy (non-hydrogen) atoms. The zero-order chi connectivity index (χ0) is 20.8. The summed E-state index contributed by atoms with van der Waals surface area (Å²) in [6.07, 6.45) is 2.53. The van der Waals surface area contributed by atoms with Gasteiger partial charge in [0.15, 0.2) is 11.5 Å². The summed E-state index contributed by atoms with van der Waals surface area (Å²) in [6.45, 7) is 5.19. The normalized spacial score (nSPS) is 14.8. The minimum absolute atomic E-state index is 0.178. The van der Waals surface area contributed by atoms with E-state index in [0.717, 1.165) is 17.7 Å². The first kappa shape index (κ1) is 21.2. The van der Waals surface area contributed by atoms with Crippen molar-refractivity contribution < 1.29 is 19.0 Å². The first-order chi connectivity index (χ1) is 13.9. The van der Waals surface area contributed by atoms with Gasteiger partial charge >= 0.3 is 0 Å². The summed E-state index contributed by atoms with van der Waals surface area (Å²) in [5.41, 5.74) is 3.22. The highest BCUT2D eigenvalue weighted by molar-refractivity contribution is 8.26. The van der Waals surface area contributed by atoms with Crippen molar-refractivity contribution in [3.05, 3.63) is 58.0 Å². The Morgan fingerprint density at radius 3 is 2.41 bits per heavy atom. The van der Waals surface area contributed by atoms with Gasteiger partial charge in [0, 0.05) is 6.42 Å². The second-order valence-electron chi connectivity index (χ2n) is 6.64. The van der Waals surface area contributed by atoms with E-state index in [2.05, 4.69) is 25.2 Å². The maximum atomic E-state index is 11.8. The van der Waals surface area contributed by atoms with Gasteiger partial charge in [0.25, 0.3) is 5.91 Å². The van der Waals surface area contributed by atoms with E-state index >= 15 is 0 Å². The minimum Gasteiger partial charge on any atom is -0.493 e. The number of rotatable bonds is 8. The molecule has 1 heterocycles. The average molecular weight is 430 g/mol. The molecule has 3 rings (SSSR count).